The third-order valence-electron chi connectivity index (χ3n) is 3.62. The summed E-state index contributed by atoms with van der Waals surface area (Å²) in [6.45, 7) is 1.40. The van der Waals surface area contributed by atoms with Crippen LogP contribution in [-0.2, 0) is 13.1 Å². The minimum atomic E-state index is 0.702. The average molecular weight is 312 g/mol. The molecule has 0 fully saturated rings. The van der Waals surface area contributed by atoms with Gasteiger partial charge in [-0.05, 0) is 28.3 Å². The summed E-state index contributed by atoms with van der Waals surface area (Å²) >= 11 is 0. The quantitative estimate of drug-likeness (QED) is 0.577. The standard InChI is InChI=1S/C22H20N2/c1-3-8-19(9-4-1)15-23-17-21-12-7-13-22(14-21)18-24-16-20-10-5-2-6-11-20/h1-14,17-18H,15-16H2. The van der Waals surface area contributed by atoms with Crippen LogP contribution in [0.25, 0.3) is 0 Å². The number of hydrogen-bond acceptors (Lipinski definition) is 2. The van der Waals surface area contributed by atoms with Gasteiger partial charge in [-0.1, -0.05) is 78.9 Å². The highest BCUT2D eigenvalue weighted by molar-refractivity contribution is 5.86. The SMILES string of the molecule is C(=NCc1ccccc1)c1cccc(C=NCc2ccccc2)c1. The van der Waals surface area contributed by atoms with Gasteiger partial charge in [0.25, 0.3) is 0 Å². The minimum absolute atomic E-state index is 0.702. The topological polar surface area (TPSA) is 24.7 Å². The maximum Gasteiger partial charge on any atom is 0.0639 e. The predicted molar refractivity (Wildman–Crippen MR) is 102 cm³/mol. The number of aliphatic imine (C=N–C) groups is 2. The summed E-state index contributed by atoms with van der Waals surface area (Å²) in [7, 11) is 0. The highest BCUT2D eigenvalue weighted by atomic mass is 14.7. The average Bonchev–Trinajstić information content (AvgIpc) is 2.64. The van der Waals surface area contributed by atoms with Crippen LogP contribution in [0.3, 0.4) is 0 Å². The van der Waals surface area contributed by atoms with Crippen LogP contribution in [0.5, 0.6) is 0 Å². The third kappa shape index (κ3) is 5.03. The molecule has 0 unspecified atom stereocenters. The van der Waals surface area contributed by atoms with Gasteiger partial charge in [0.2, 0.25) is 0 Å². The summed E-state index contributed by atoms with van der Waals surface area (Å²) in [6, 6.07) is 28.8. The maximum atomic E-state index is 4.51. The van der Waals surface area contributed by atoms with Gasteiger partial charge in [-0.15, -0.1) is 0 Å². The molecule has 0 atom stereocenters. The Labute approximate surface area is 143 Å². The van der Waals surface area contributed by atoms with Gasteiger partial charge in [0.05, 0.1) is 13.1 Å². The van der Waals surface area contributed by atoms with Crippen LogP contribution in [0.1, 0.15) is 22.3 Å². The summed E-state index contributed by atoms with van der Waals surface area (Å²) in [5, 5.41) is 0. The van der Waals surface area contributed by atoms with Crippen LogP contribution in [0, 0.1) is 0 Å². The Bertz CT molecular complexity index is 739. The van der Waals surface area contributed by atoms with Gasteiger partial charge in [0.1, 0.15) is 0 Å². The predicted octanol–water partition coefficient (Wildman–Crippen LogP) is 4.92. The van der Waals surface area contributed by atoms with Crippen molar-refractivity contribution in [3.05, 3.63) is 107 Å². The molecule has 0 aliphatic heterocycles. The Morgan fingerprint density at radius 3 is 1.46 bits per heavy atom. The summed E-state index contributed by atoms with van der Waals surface area (Å²) in [5.74, 6) is 0. The van der Waals surface area contributed by atoms with Crippen LogP contribution in [0.15, 0.2) is 94.9 Å². The van der Waals surface area contributed by atoms with Crippen LogP contribution >= 0.6 is 0 Å². The number of rotatable bonds is 6. The van der Waals surface area contributed by atoms with Gasteiger partial charge < -0.3 is 0 Å². The second kappa shape index (κ2) is 8.59. The molecule has 2 nitrogen and oxygen atoms in total. The molecule has 3 aromatic rings. The van der Waals surface area contributed by atoms with Crippen LogP contribution < -0.4 is 0 Å². The van der Waals surface area contributed by atoms with Crippen molar-refractivity contribution in [2.45, 2.75) is 13.1 Å². The highest BCUT2D eigenvalue weighted by Gasteiger charge is 1.93. The van der Waals surface area contributed by atoms with Crippen molar-refractivity contribution in [2.75, 3.05) is 0 Å². The number of hydrogen-bond donors (Lipinski definition) is 0. The lowest BCUT2D eigenvalue weighted by molar-refractivity contribution is 1.08. The van der Waals surface area contributed by atoms with E-state index >= 15 is 0 Å². The van der Waals surface area contributed by atoms with E-state index < -0.39 is 0 Å². The molecule has 3 rings (SSSR count). The van der Waals surface area contributed by atoms with Crippen molar-refractivity contribution in [1.82, 2.24) is 0 Å². The Balaban J connectivity index is 1.59. The first kappa shape index (κ1) is 15.9. The number of nitrogens with zero attached hydrogens (tertiary/aromatic N) is 2. The molecule has 0 spiro atoms. The lowest BCUT2D eigenvalue weighted by Gasteiger charge is -1.98. The summed E-state index contributed by atoms with van der Waals surface area (Å²) in [6.07, 6.45) is 3.84. The molecule has 0 aliphatic carbocycles. The van der Waals surface area contributed by atoms with Crippen LogP contribution in [0.2, 0.25) is 0 Å². The molecule has 0 amide bonds. The first-order chi connectivity index (χ1) is 11.9. The molecule has 118 valence electrons. The largest absolute Gasteiger partial charge is 0.288 e. The van der Waals surface area contributed by atoms with Gasteiger partial charge >= 0.3 is 0 Å². The molecule has 0 aliphatic rings. The van der Waals surface area contributed by atoms with E-state index in [4.69, 9.17) is 0 Å². The Morgan fingerprint density at radius 1 is 0.542 bits per heavy atom. The molecule has 24 heavy (non-hydrogen) atoms. The normalized spacial score (nSPS) is 11.3. The molecular formula is C22H20N2. The van der Waals surface area contributed by atoms with Crippen molar-refractivity contribution in [1.29, 1.82) is 0 Å². The van der Waals surface area contributed by atoms with Gasteiger partial charge in [0.15, 0.2) is 0 Å². The molecule has 0 saturated heterocycles. The van der Waals surface area contributed by atoms with E-state index in [0.29, 0.717) is 13.1 Å². The van der Waals surface area contributed by atoms with Gasteiger partial charge in [-0.25, -0.2) is 0 Å². The second-order valence-electron chi connectivity index (χ2n) is 5.58. The van der Waals surface area contributed by atoms with Crippen molar-refractivity contribution in [2.24, 2.45) is 9.98 Å². The fraction of sp³-hybridized carbons (Fsp3) is 0.0909. The summed E-state index contributed by atoms with van der Waals surface area (Å²) in [5.41, 5.74) is 4.62. The maximum absolute atomic E-state index is 4.51. The molecular weight excluding hydrogens is 292 g/mol. The monoisotopic (exact) mass is 312 g/mol. The molecule has 0 radical (unpaired) electrons. The van der Waals surface area contributed by atoms with E-state index in [1.54, 1.807) is 0 Å². The highest BCUT2D eigenvalue weighted by Crippen LogP contribution is 2.05. The third-order valence-corrected chi connectivity index (χ3v) is 3.62. The Kier molecular flexibility index (Phi) is 5.68. The van der Waals surface area contributed by atoms with Crippen molar-refractivity contribution >= 4 is 12.4 Å². The first-order valence-electron chi connectivity index (χ1n) is 8.08. The lowest BCUT2D eigenvalue weighted by Crippen LogP contribution is -1.88. The molecule has 0 aromatic heterocycles. The second-order valence-corrected chi connectivity index (χ2v) is 5.58. The molecule has 0 saturated carbocycles. The van der Waals surface area contributed by atoms with E-state index in [9.17, 15) is 0 Å². The fourth-order valence-electron chi connectivity index (χ4n) is 2.40. The zero-order valence-corrected chi connectivity index (χ0v) is 13.5. The van der Waals surface area contributed by atoms with E-state index in [-0.39, 0.29) is 0 Å². The van der Waals surface area contributed by atoms with Crippen molar-refractivity contribution in [3.63, 3.8) is 0 Å². The summed E-state index contributed by atoms with van der Waals surface area (Å²) < 4.78 is 0. The molecule has 2 heteroatoms. The van der Waals surface area contributed by atoms with Gasteiger partial charge in [-0.2, -0.15) is 0 Å². The van der Waals surface area contributed by atoms with E-state index in [1.807, 2.05) is 54.9 Å². The molecule has 0 heterocycles. The van der Waals surface area contributed by atoms with Crippen molar-refractivity contribution in [3.8, 4) is 0 Å². The van der Waals surface area contributed by atoms with Crippen LogP contribution in [0.4, 0.5) is 0 Å². The Hall–Kier alpha value is -3.00. The zero-order valence-electron chi connectivity index (χ0n) is 13.5. The van der Waals surface area contributed by atoms with E-state index in [0.717, 1.165) is 11.1 Å². The minimum Gasteiger partial charge on any atom is -0.288 e. The fourth-order valence-corrected chi connectivity index (χ4v) is 2.40. The van der Waals surface area contributed by atoms with Gasteiger partial charge in [0, 0.05) is 12.4 Å². The van der Waals surface area contributed by atoms with Crippen molar-refractivity contribution < 1.29 is 0 Å². The lowest BCUT2D eigenvalue weighted by atomic mass is 10.1. The molecule has 3 aromatic carbocycles. The van der Waals surface area contributed by atoms with Gasteiger partial charge in [-0.3, -0.25) is 9.98 Å². The summed E-state index contributed by atoms with van der Waals surface area (Å²) in [4.78, 5) is 9.02. The number of benzene rings is 3. The Morgan fingerprint density at radius 2 is 1.00 bits per heavy atom. The smallest absolute Gasteiger partial charge is 0.0639 e. The van der Waals surface area contributed by atoms with Crippen LogP contribution in [-0.4, -0.2) is 12.4 Å². The van der Waals surface area contributed by atoms with E-state index in [2.05, 4.69) is 52.4 Å². The molecule has 0 bridgehead atoms. The molecule has 0 N–H and O–H groups in total. The van der Waals surface area contributed by atoms with E-state index in [1.165, 1.54) is 11.1 Å². The zero-order chi connectivity index (χ0) is 16.5. The first-order valence-corrected chi connectivity index (χ1v) is 8.08.